The smallest absolute Gasteiger partial charge is 0.170 e. The lowest BCUT2D eigenvalue weighted by Crippen LogP contribution is -2.29. The van der Waals surface area contributed by atoms with E-state index in [4.69, 9.17) is 12.2 Å². The van der Waals surface area contributed by atoms with Crippen LogP contribution in [0.15, 0.2) is 73.2 Å². The predicted octanol–water partition coefficient (Wildman–Crippen LogP) is 4.64. The normalized spacial score (nSPS) is 19.5. The van der Waals surface area contributed by atoms with Crippen LogP contribution in [0.1, 0.15) is 48.8 Å². The largest absolute Gasteiger partial charge is 0.352 e. The van der Waals surface area contributed by atoms with Crippen molar-refractivity contribution in [1.29, 1.82) is 0 Å². The molecule has 4 nitrogen and oxygen atoms in total. The molecular formula is C22H24N4S. The number of benzene rings is 1. The standard InChI is InChI=1S/C22H24N4S/c1-16(2)25-13-11-18(15-25)21-20(19-10-6-7-12-23-19)24-22(27)26(21)14-17-8-4-3-5-9-17/h3-13,15-16,20-21H,14H2,1-2H3,(H,24,27)/t20-,21-/m0/s1. The van der Waals surface area contributed by atoms with Crippen LogP contribution in [0.5, 0.6) is 0 Å². The van der Waals surface area contributed by atoms with E-state index in [0.29, 0.717) is 6.04 Å². The number of hydrogen-bond acceptors (Lipinski definition) is 2. The maximum Gasteiger partial charge on any atom is 0.170 e. The molecule has 2 atom stereocenters. The van der Waals surface area contributed by atoms with Crippen molar-refractivity contribution in [2.24, 2.45) is 0 Å². The Kier molecular flexibility index (Phi) is 4.94. The first-order valence-corrected chi connectivity index (χ1v) is 9.73. The zero-order chi connectivity index (χ0) is 18.8. The van der Waals surface area contributed by atoms with Gasteiger partial charge in [-0.05, 0) is 55.4 Å². The summed E-state index contributed by atoms with van der Waals surface area (Å²) in [6.07, 6.45) is 6.23. The minimum absolute atomic E-state index is 0.0328. The molecule has 5 heteroatoms. The van der Waals surface area contributed by atoms with Gasteiger partial charge in [0, 0.05) is 31.2 Å². The van der Waals surface area contributed by atoms with Crippen LogP contribution in [0, 0.1) is 0 Å². The van der Waals surface area contributed by atoms with Crippen molar-refractivity contribution in [3.05, 3.63) is 90.0 Å². The zero-order valence-corrected chi connectivity index (χ0v) is 16.4. The molecule has 0 unspecified atom stereocenters. The molecule has 0 spiro atoms. The van der Waals surface area contributed by atoms with Gasteiger partial charge in [-0.15, -0.1) is 0 Å². The monoisotopic (exact) mass is 376 g/mol. The maximum atomic E-state index is 5.73. The SMILES string of the molecule is CC(C)n1ccc([C@H]2[C@H](c3ccccn3)NC(=S)N2Cc2ccccc2)c1. The first-order valence-electron chi connectivity index (χ1n) is 9.33. The zero-order valence-electron chi connectivity index (χ0n) is 15.6. The van der Waals surface area contributed by atoms with Gasteiger partial charge >= 0.3 is 0 Å². The molecule has 3 heterocycles. The molecule has 1 N–H and O–H groups in total. The minimum Gasteiger partial charge on any atom is -0.352 e. The number of nitrogens with zero attached hydrogens (tertiary/aromatic N) is 3. The van der Waals surface area contributed by atoms with Crippen LogP contribution < -0.4 is 5.32 Å². The van der Waals surface area contributed by atoms with E-state index in [0.717, 1.165) is 17.4 Å². The lowest BCUT2D eigenvalue weighted by atomic mass is 9.98. The third-order valence-corrected chi connectivity index (χ3v) is 5.42. The second-order valence-electron chi connectivity index (χ2n) is 7.23. The number of hydrogen-bond donors (Lipinski definition) is 1. The fourth-order valence-electron chi connectivity index (χ4n) is 3.65. The molecule has 0 saturated carbocycles. The van der Waals surface area contributed by atoms with E-state index in [1.165, 1.54) is 11.1 Å². The van der Waals surface area contributed by atoms with Crippen LogP contribution in [-0.4, -0.2) is 19.6 Å². The highest BCUT2D eigenvalue weighted by molar-refractivity contribution is 7.80. The van der Waals surface area contributed by atoms with E-state index in [9.17, 15) is 0 Å². The van der Waals surface area contributed by atoms with Gasteiger partial charge in [0.25, 0.3) is 0 Å². The Hall–Kier alpha value is -2.66. The highest BCUT2D eigenvalue weighted by Crippen LogP contribution is 2.39. The number of thiocarbonyl (C=S) groups is 1. The van der Waals surface area contributed by atoms with Crippen molar-refractivity contribution < 1.29 is 0 Å². The van der Waals surface area contributed by atoms with Gasteiger partial charge in [0.05, 0.1) is 17.8 Å². The molecule has 3 aromatic rings. The van der Waals surface area contributed by atoms with Crippen molar-refractivity contribution in [3.63, 3.8) is 0 Å². The summed E-state index contributed by atoms with van der Waals surface area (Å²) in [5.41, 5.74) is 3.51. The third-order valence-electron chi connectivity index (χ3n) is 5.07. The molecule has 1 saturated heterocycles. The predicted molar refractivity (Wildman–Crippen MR) is 112 cm³/mol. The van der Waals surface area contributed by atoms with Gasteiger partial charge in [0.2, 0.25) is 0 Å². The summed E-state index contributed by atoms with van der Waals surface area (Å²) in [5.74, 6) is 0. The Labute approximate surface area is 165 Å². The second-order valence-corrected chi connectivity index (χ2v) is 7.61. The quantitative estimate of drug-likeness (QED) is 0.658. The Morgan fingerprint density at radius 2 is 1.85 bits per heavy atom. The van der Waals surface area contributed by atoms with Crippen molar-refractivity contribution in [2.45, 2.75) is 38.5 Å². The van der Waals surface area contributed by atoms with Crippen LogP contribution >= 0.6 is 12.2 Å². The fraction of sp³-hybridized carbons (Fsp3) is 0.273. The second kappa shape index (κ2) is 7.53. The molecule has 1 aliphatic heterocycles. The van der Waals surface area contributed by atoms with Crippen molar-refractivity contribution in [1.82, 2.24) is 19.8 Å². The fourth-order valence-corrected chi connectivity index (χ4v) is 3.95. The van der Waals surface area contributed by atoms with Gasteiger partial charge in [0.1, 0.15) is 0 Å². The lowest BCUT2D eigenvalue weighted by molar-refractivity contribution is 0.311. The average Bonchev–Trinajstić information content (AvgIpc) is 3.29. The van der Waals surface area contributed by atoms with Gasteiger partial charge in [-0.3, -0.25) is 4.98 Å². The Morgan fingerprint density at radius 1 is 1.07 bits per heavy atom. The Balaban J connectivity index is 1.73. The van der Waals surface area contributed by atoms with Crippen molar-refractivity contribution in [2.75, 3.05) is 0 Å². The average molecular weight is 377 g/mol. The number of pyridine rings is 1. The number of aromatic nitrogens is 2. The first kappa shape index (κ1) is 17.7. The molecule has 1 fully saturated rings. The summed E-state index contributed by atoms with van der Waals surface area (Å²) < 4.78 is 2.24. The Morgan fingerprint density at radius 3 is 2.52 bits per heavy atom. The van der Waals surface area contributed by atoms with E-state index in [-0.39, 0.29) is 12.1 Å². The minimum atomic E-state index is 0.0328. The highest BCUT2D eigenvalue weighted by atomic mass is 32.1. The molecule has 0 radical (unpaired) electrons. The summed E-state index contributed by atoms with van der Waals surface area (Å²) >= 11 is 5.73. The summed E-state index contributed by atoms with van der Waals surface area (Å²) in [6, 6.07) is 19.3. The summed E-state index contributed by atoms with van der Waals surface area (Å²) in [7, 11) is 0. The van der Waals surface area contributed by atoms with Gasteiger partial charge in [-0.25, -0.2) is 0 Å². The molecule has 27 heavy (non-hydrogen) atoms. The number of nitrogens with one attached hydrogen (secondary N) is 1. The molecule has 138 valence electrons. The Bertz CT molecular complexity index is 904. The molecule has 2 aromatic heterocycles. The van der Waals surface area contributed by atoms with Gasteiger partial charge in [-0.2, -0.15) is 0 Å². The van der Waals surface area contributed by atoms with E-state index in [1.54, 1.807) is 0 Å². The summed E-state index contributed by atoms with van der Waals surface area (Å²) in [4.78, 5) is 6.88. The topological polar surface area (TPSA) is 33.1 Å². The summed E-state index contributed by atoms with van der Waals surface area (Å²) in [5, 5.41) is 4.29. The van der Waals surface area contributed by atoms with Crippen LogP contribution in [-0.2, 0) is 6.54 Å². The van der Waals surface area contributed by atoms with E-state index in [1.807, 2.05) is 24.4 Å². The first-order chi connectivity index (χ1) is 13.1. The molecular weight excluding hydrogens is 352 g/mol. The molecule has 0 aliphatic carbocycles. The maximum absolute atomic E-state index is 5.73. The molecule has 1 aliphatic rings. The van der Waals surface area contributed by atoms with Crippen LogP contribution in [0.25, 0.3) is 0 Å². The van der Waals surface area contributed by atoms with Gasteiger partial charge < -0.3 is 14.8 Å². The van der Waals surface area contributed by atoms with Crippen molar-refractivity contribution >= 4 is 17.3 Å². The van der Waals surface area contributed by atoms with Gasteiger partial charge in [-0.1, -0.05) is 36.4 Å². The van der Waals surface area contributed by atoms with Crippen LogP contribution in [0.4, 0.5) is 0 Å². The molecule has 0 amide bonds. The molecule has 4 rings (SSSR count). The van der Waals surface area contributed by atoms with Crippen molar-refractivity contribution in [3.8, 4) is 0 Å². The van der Waals surface area contributed by atoms with Crippen LogP contribution in [0.3, 0.4) is 0 Å². The number of rotatable bonds is 5. The van der Waals surface area contributed by atoms with E-state index in [2.05, 4.69) is 82.4 Å². The lowest BCUT2D eigenvalue weighted by Gasteiger charge is -2.27. The summed E-state index contributed by atoms with van der Waals surface area (Å²) in [6.45, 7) is 5.16. The highest BCUT2D eigenvalue weighted by Gasteiger charge is 2.40. The molecule has 0 bridgehead atoms. The third kappa shape index (κ3) is 3.60. The van der Waals surface area contributed by atoms with E-state index >= 15 is 0 Å². The molecule has 1 aromatic carbocycles. The van der Waals surface area contributed by atoms with E-state index < -0.39 is 0 Å². The van der Waals surface area contributed by atoms with Crippen LogP contribution in [0.2, 0.25) is 0 Å². The van der Waals surface area contributed by atoms with Gasteiger partial charge in [0.15, 0.2) is 5.11 Å².